The minimum absolute atomic E-state index is 0.0183. The molecule has 0 saturated heterocycles. The van der Waals surface area contributed by atoms with Gasteiger partial charge in [0.15, 0.2) is 5.78 Å². The van der Waals surface area contributed by atoms with Gasteiger partial charge < -0.3 is 14.8 Å². The van der Waals surface area contributed by atoms with Crippen LogP contribution in [0.1, 0.15) is 53.9 Å². The molecule has 8 heteroatoms. The van der Waals surface area contributed by atoms with Gasteiger partial charge in [-0.3, -0.25) is 19.2 Å². The zero-order chi connectivity index (χ0) is 20.1. The summed E-state index contributed by atoms with van der Waals surface area (Å²) in [6, 6.07) is -0.590. The first kappa shape index (κ1) is 24.4. The maximum atomic E-state index is 12.3. The number of hydrogen-bond acceptors (Lipinski definition) is 7. The summed E-state index contributed by atoms with van der Waals surface area (Å²) in [5, 5.41) is 2.73. The number of rotatable bonds is 13. The van der Waals surface area contributed by atoms with Crippen LogP contribution in [0, 0.1) is 5.92 Å². The van der Waals surface area contributed by atoms with E-state index in [1.165, 1.54) is 11.8 Å². The van der Waals surface area contributed by atoms with Gasteiger partial charge >= 0.3 is 11.9 Å². The zero-order valence-corrected chi connectivity index (χ0v) is 17.1. The van der Waals surface area contributed by atoms with Crippen molar-refractivity contribution in [3.8, 4) is 0 Å². The highest BCUT2D eigenvalue weighted by molar-refractivity contribution is 7.99. The van der Waals surface area contributed by atoms with Crippen molar-refractivity contribution < 1.29 is 28.7 Å². The van der Waals surface area contributed by atoms with Crippen LogP contribution in [0.3, 0.4) is 0 Å². The number of ether oxygens (including phenoxy) is 2. The van der Waals surface area contributed by atoms with Crippen LogP contribution < -0.4 is 5.32 Å². The lowest BCUT2D eigenvalue weighted by atomic mass is 10.0. The van der Waals surface area contributed by atoms with Crippen molar-refractivity contribution in [2.45, 2.75) is 66.0 Å². The maximum Gasteiger partial charge on any atom is 0.305 e. The van der Waals surface area contributed by atoms with Crippen molar-refractivity contribution in [1.29, 1.82) is 0 Å². The van der Waals surface area contributed by atoms with Crippen LogP contribution in [0.5, 0.6) is 0 Å². The third-order valence-electron chi connectivity index (χ3n) is 3.46. The summed E-state index contributed by atoms with van der Waals surface area (Å²) in [5.41, 5.74) is 0. The summed E-state index contributed by atoms with van der Waals surface area (Å²) < 4.78 is 10.3. The van der Waals surface area contributed by atoms with Crippen LogP contribution in [0.2, 0.25) is 0 Å². The van der Waals surface area contributed by atoms with E-state index in [2.05, 4.69) is 5.32 Å². The number of ketones is 1. The van der Waals surface area contributed by atoms with Crippen LogP contribution in [0.15, 0.2) is 0 Å². The highest BCUT2D eigenvalue weighted by atomic mass is 32.2. The van der Waals surface area contributed by atoms with Crippen molar-refractivity contribution >= 4 is 35.4 Å². The molecule has 0 aromatic heterocycles. The molecule has 0 heterocycles. The normalized spacial score (nSPS) is 13.0. The average Bonchev–Trinajstić information content (AvgIpc) is 2.63. The minimum Gasteiger partial charge on any atom is -0.462 e. The molecule has 7 nitrogen and oxygen atoms in total. The molecule has 0 rings (SSSR count). The Labute approximate surface area is 159 Å². The smallest absolute Gasteiger partial charge is 0.305 e. The SMILES string of the molecule is CCC(=O)NC(CSCC(COC(=O)CC)OC(=O)CC)C(=O)C(C)C. The predicted molar refractivity (Wildman–Crippen MR) is 101 cm³/mol. The number of thioether (sulfide) groups is 1. The van der Waals surface area contributed by atoms with Crippen molar-refractivity contribution in [2.24, 2.45) is 5.92 Å². The Hall–Kier alpha value is -1.57. The lowest BCUT2D eigenvalue weighted by Gasteiger charge is -2.21. The standard InChI is InChI=1S/C18H31NO6S/c1-6-15(20)19-14(18(23)12(4)5)11-26-10-13(25-17(22)8-3)9-24-16(21)7-2/h12-14H,6-11H2,1-5H3,(H,19,20). The molecule has 150 valence electrons. The first-order valence-electron chi connectivity index (χ1n) is 9.00. The van der Waals surface area contributed by atoms with E-state index in [1.54, 1.807) is 34.6 Å². The predicted octanol–water partition coefficient (Wildman–Crippen LogP) is 2.11. The average molecular weight is 390 g/mol. The summed E-state index contributed by atoms with van der Waals surface area (Å²) in [7, 11) is 0. The van der Waals surface area contributed by atoms with Gasteiger partial charge in [-0.1, -0.05) is 34.6 Å². The highest BCUT2D eigenvalue weighted by Crippen LogP contribution is 2.13. The Balaban J connectivity index is 4.72. The molecule has 26 heavy (non-hydrogen) atoms. The van der Waals surface area contributed by atoms with E-state index >= 15 is 0 Å². The second kappa shape index (κ2) is 13.6. The Kier molecular flexibility index (Phi) is 12.8. The zero-order valence-electron chi connectivity index (χ0n) is 16.3. The van der Waals surface area contributed by atoms with Gasteiger partial charge in [0.05, 0.1) is 6.04 Å². The van der Waals surface area contributed by atoms with E-state index in [9.17, 15) is 19.2 Å². The van der Waals surface area contributed by atoms with Gasteiger partial charge in [0.2, 0.25) is 5.91 Å². The highest BCUT2D eigenvalue weighted by Gasteiger charge is 2.24. The molecule has 0 spiro atoms. The quantitative estimate of drug-likeness (QED) is 0.482. The summed E-state index contributed by atoms with van der Waals surface area (Å²) in [5.74, 6) is -0.434. The van der Waals surface area contributed by atoms with Gasteiger partial charge in [0.1, 0.15) is 12.7 Å². The van der Waals surface area contributed by atoms with Gasteiger partial charge in [0.25, 0.3) is 0 Å². The fourth-order valence-corrected chi connectivity index (χ4v) is 2.93. The first-order chi connectivity index (χ1) is 12.2. The monoisotopic (exact) mass is 389 g/mol. The molecule has 0 radical (unpaired) electrons. The van der Waals surface area contributed by atoms with Crippen molar-refractivity contribution in [3.05, 3.63) is 0 Å². The van der Waals surface area contributed by atoms with Gasteiger partial charge in [-0.2, -0.15) is 11.8 Å². The van der Waals surface area contributed by atoms with Crippen LogP contribution >= 0.6 is 11.8 Å². The summed E-state index contributed by atoms with van der Waals surface area (Å²) in [4.78, 5) is 46.7. The van der Waals surface area contributed by atoms with Gasteiger partial charge in [0, 0.05) is 36.7 Å². The molecule has 0 aromatic carbocycles. The van der Waals surface area contributed by atoms with Crippen molar-refractivity contribution in [2.75, 3.05) is 18.1 Å². The topological polar surface area (TPSA) is 98.8 Å². The van der Waals surface area contributed by atoms with Crippen molar-refractivity contribution in [1.82, 2.24) is 5.32 Å². The fraction of sp³-hybridized carbons (Fsp3) is 0.778. The number of hydrogen-bond donors (Lipinski definition) is 1. The molecule has 0 aliphatic heterocycles. The summed E-state index contributed by atoms with van der Waals surface area (Å²) in [6.45, 7) is 8.64. The second-order valence-corrected chi connectivity index (χ2v) is 7.15. The van der Waals surface area contributed by atoms with Crippen LogP contribution in [-0.2, 0) is 28.7 Å². The Morgan fingerprint density at radius 3 is 2.04 bits per heavy atom. The Morgan fingerprint density at radius 1 is 0.923 bits per heavy atom. The number of esters is 2. The molecule has 0 aromatic rings. The third kappa shape index (κ3) is 10.4. The van der Waals surface area contributed by atoms with E-state index in [1.807, 2.05) is 0 Å². The van der Waals surface area contributed by atoms with Crippen LogP contribution in [0.25, 0.3) is 0 Å². The molecule has 1 amide bonds. The van der Waals surface area contributed by atoms with Crippen LogP contribution in [0.4, 0.5) is 0 Å². The molecule has 0 bridgehead atoms. The second-order valence-electron chi connectivity index (χ2n) is 6.07. The maximum absolute atomic E-state index is 12.3. The minimum atomic E-state index is -0.590. The van der Waals surface area contributed by atoms with Gasteiger partial charge in [-0.05, 0) is 0 Å². The molecule has 0 aliphatic carbocycles. The number of carbonyl (C=O) groups excluding carboxylic acids is 4. The Bertz CT molecular complexity index is 480. The third-order valence-corrected chi connectivity index (χ3v) is 4.64. The summed E-state index contributed by atoms with van der Waals surface area (Å²) in [6.07, 6.45) is 0.190. The number of carbonyl (C=O) groups is 4. The van der Waals surface area contributed by atoms with Gasteiger partial charge in [-0.15, -0.1) is 0 Å². The number of Topliss-reactive ketones (excluding diaryl/α,β-unsaturated/α-hetero) is 1. The molecule has 2 atom stereocenters. The van der Waals surface area contributed by atoms with Crippen LogP contribution in [-0.4, -0.2) is 53.9 Å². The fourth-order valence-electron chi connectivity index (χ4n) is 1.88. The molecular formula is C18H31NO6S. The molecule has 0 aliphatic rings. The lowest BCUT2D eigenvalue weighted by molar-refractivity contribution is -0.157. The van der Waals surface area contributed by atoms with E-state index in [0.29, 0.717) is 17.9 Å². The first-order valence-corrected chi connectivity index (χ1v) is 10.2. The largest absolute Gasteiger partial charge is 0.462 e. The molecular weight excluding hydrogens is 358 g/mol. The van der Waals surface area contributed by atoms with E-state index < -0.39 is 12.1 Å². The Morgan fingerprint density at radius 2 is 1.54 bits per heavy atom. The number of nitrogens with one attached hydrogen (secondary N) is 1. The van der Waals surface area contributed by atoms with E-state index in [-0.39, 0.29) is 49.0 Å². The molecule has 0 fully saturated rings. The summed E-state index contributed by atoms with van der Waals surface area (Å²) >= 11 is 1.38. The molecule has 2 unspecified atom stereocenters. The van der Waals surface area contributed by atoms with Crippen molar-refractivity contribution in [3.63, 3.8) is 0 Å². The number of amides is 1. The molecule has 0 saturated carbocycles. The molecule has 1 N–H and O–H groups in total. The van der Waals surface area contributed by atoms with E-state index in [4.69, 9.17) is 9.47 Å². The lowest BCUT2D eigenvalue weighted by Crippen LogP contribution is -2.44. The van der Waals surface area contributed by atoms with Gasteiger partial charge in [-0.25, -0.2) is 0 Å². The van der Waals surface area contributed by atoms with E-state index in [0.717, 1.165) is 0 Å².